The van der Waals surface area contributed by atoms with Gasteiger partial charge in [-0.1, -0.05) is 6.07 Å². The third kappa shape index (κ3) is 4.50. The Hall–Kier alpha value is -3.90. The highest BCUT2D eigenvalue weighted by Gasteiger charge is 2.32. The highest BCUT2D eigenvalue weighted by molar-refractivity contribution is 7.89. The lowest BCUT2D eigenvalue weighted by molar-refractivity contribution is 0.102. The molecular formula is C26H25F2N5O4S. The van der Waals surface area contributed by atoms with E-state index in [0.717, 1.165) is 25.0 Å². The van der Waals surface area contributed by atoms with E-state index in [2.05, 4.69) is 15.4 Å². The summed E-state index contributed by atoms with van der Waals surface area (Å²) in [5.41, 5.74) is 1.95. The Morgan fingerprint density at radius 1 is 1.05 bits per heavy atom. The number of hydrogen-bond donors (Lipinski definition) is 1. The van der Waals surface area contributed by atoms with Crippen LogP contribution in [0.4, 0.5) is 14.5 Å². The van der Waals surface area contributed by atoms with Crippen molar-refractivity contribution in [2.24, 2.45) is 0 Å². The van der Waals surface area contributed by atoms with Crippen molar-refractivity contribution in [1.82, 2.24) is 18.9 Å². The fourth-order valence-corrected chi connectivity index (χ4v) is 6.32. The van der Waals surface area contributed by atoms with Crippen LogP contribution >= 0.6 is 0 Å². The van der Waals surface area contributed by atoms with E-state index in [0.29, 0.717) is 41.8 Å². The predicted molar refractivity (Wildman–Crippen MR) is 137 cm³/mol. The van der Waals surface area contributed by atoms with Gasteiger partial charge < -0.3 is 10.1 Å². The largest absolute Gasteiger partial charge is 0.495 e. The molecule has 1 fully saturated rings. The highest BCUT2D eigenvalue weighted by atomic mass is 32.2. The molecule has 0 radical (unpaired) electrons. The number of aryl methyl sites for hydroxylation is 2. The number of methoxy groups -OCH3 is 1. The van der Waals surface area contributed by atoms with Crippen LogP contribution in [0.25, 0.3) is 16.8 Å². The maximum atomic E-state index is 14.3. The smallest absolute Gasteiger partial charge is 0.276 e. The van der Waals surface area contributed by atoms with Gasteiger partial charge in [0, 0.05) is 30.5 Å². The summed E-state index contributed by atoms with van der Waals surface area (Å²) < 4.78 is 62.9. The number of carbonyl (C=O) groups is 1. The number of carbonyl (C=O) groups excluding carboxylic acids is 1. The normalized spacial score (nSPS) is 14.2. The van der Waals surface area contributed by atoms with Crippen LogP contribution in [0.3, 0.4) is 0 Å². The second kappa shape index (κ2) is 9.76. The molecule has 12 heteroatoms. The fourth-order valence-electron chi connectivity index (χ4n) is 4.62. The Morgan fingerprint density at radius 3 is 2.47 bits per heavy atom. The molecule has 198 valence electrons. The van der Waals surface area contributed by atoms with Gasteiger partial charge in [-0.25, -0.2) is 26.7 Å². The van der Waals surface area contributed by atoms with Crippen molar-refractivity contribution in [3.8, 4) is 16.9 Å². The maximum absolute atomic E-state index is 14.3. The number of halogens is 2. The van der Waals surface area contributed by atoms with Crippen LogP contribution in [0, 0.1) is 25.5 Å². The van der Waals surface area contributed by atoms with Crippen LogP contribution in [0.5, 0.6) is 5.75 Å². The first-order valence-corrected chi connectivity index (χ1v) is 13.4. The number of fused-ring (bicyclic) bond motifs is 1. The third-order valence-electron chi connectivity index (χ3n) is 6.42. The Balaban J connectivity index is 1.70. The Bertz CT molecular complexity index is 1680. The number of rotatable bonds is 6. The first kappa shape index (κ1) is 25.7. The first-order chi connectivity index (χ1) is 18.1. The van der Waals surface area contributed by atoms with Gasteiger partial charge in [-0.2, -0.15) is 9.40 Å². The molecular weight excluding hydrogens is 516 g/mol. The summed E-state index contributed by atoms with van der Waals surface area (Å²) in [6.45, 7) is 4.39. The molecule has 1 saturated heterocycles. The van der Waals surface area contributed by atoms with Gasteiger partial charge >= 0.3 is 0 Å². The topological polar surface area (TPSA) is 106 Å². The minimum Gasteiger partial charge on any atom is -0.495 e. The molecule has 1 aliphatic rings. The number of nitrogens with zero attached hydrogens (tertiary/aromatic N) is 4. The zero-order valence-electron chi connectivity index (χ0n) is 21.0. The van der Waals surface area contributed by atoms with E-state index in [4.69, 9.17) is 4.74 Å². The molecule has 5 rings (SSSR count). The molecule has 0 aliphatic carbocycles. The molecule has 0 spiro atoms. The van der Waals surface area contributed by atoms with Gasteiger partial charge in [0.05, 0.1) is 18.4 Å². The van der Waals surface area contributed by atoms with Crippen molar-refractivity contribution in [1.29, 1.82) is 0 Å². The summed E-state index contributed by atoms with van der Waals surface area (Å²) in [5, 5.41) is 6.88. The second-order valence-electron chi connectivity index (χ2n) is 9.05. The van der Waals surface area contributed by atoms with Crippen LogP contribution in [-0.2, 0) is 10.0 Å². The highest BCUT2D eigenvalue weighted by Crippen LogP contribution is 2.36. The number of anilines is 1. The average molecular weight is 542 g/mol. The molecule has 1 amide bonds. The number of amides is 1. The van der Waals surface area contributed by atoms with E-state index in [1.807, 2.05) is 0 Å². The quantitative estimate of drug-likeness (QED) is 0.389. The molecule has 3 heterocycles. The molecule has 2 aromatic heterocycles. The van der Waals surface area contributed by atoms with Crippen LogP contribution < -0.4 is 10.1 Å². The van der Waals surface area contributed by atoms with Crippen LogP contribution in [0.1, 0.15) is 34.7 Å². The first-order valence-electron chi connectivity index (χ1n) is 11.9. The lowest BCUT2D eigenvalue weighted by Gasteiger charge is -2.18. The van der Waals surface area contributed by atoms with Gasteiger partial charge in [-0.3, -0.25) is 4.79 Å². The van der Waals surface area contributed by atoms with Crippen molar-refractivity contribution in [3.63, 3.8) is 0 Å². The predicted octanol–water partition coefficient (Wildman–Crippen LogP) is 4.34. The van der Waals surface area contributed by atoms with Crippen molar-refractivity contribution < 1.29 is 26.7 Å². The Morgan fingerprint density at radius 2 is 1.79 bits per heavy atom. The average Bonchev–Trinajstić information content (AvgIpc) is 3.54. The van der Waals surface area contributed by atoms with Crippen LogP contribution in [0.2, 0.25) is 0 Å². The summed E-state index contributed by atoms with van der Waals surface area (Å²) in [6.07, 6.45) is 1.53. The molecule has 1 N–H and O–H groups in total. The SMILES string of the molecule is COc1ccc(-c2c(C(=O)Nc3ccc(F)cc3F)nn3c(C)cc(C)nc23)cc1S(=O)(=O)N1CCCC1. The number of sulfonamides is 1. The van der Waals surface area contributed by atoms with Gasteiger partial charge in [0.1, 0.15) is 22.3 Å². The Kier molecular flexibility index (Phi) is 6.61. The molecule has 0 atom stereocenters. The van der Waals surface area contributed by atoms with E-state index in [1.165, 1.54) is 28.1 Å². The standard InChI is InChI=1S/C26H25F2N5O4S/c1-15-12-16(2)33-25(29-15)23(24(31-33)26(34)30-20-8-7-18(27)14-19(20)28)17-6-9-21(37-3)22(13-17)38(35,36)32-10-4-5-11-32/h6-9,12-14H,4-5,10-11H2,1-3H3,(H,30,34). The number of ether oxygens (including phenoxy) is 1. The summed E-state index contributed by atoms with van der Waals surface area (Å²) in [5.74, 6) is -2.34. The molecule has 1 aliphatic heterocycles. The van der Waals surface area contributed by atoms with Crippen molar-refractivity contribution in [2.45, 2.75) is 31.6 Å². The molecule has 2 aromatic carbocycles. The molecule has 0 unspecified atom stereocenters. The van der Waals surface area contributed by atoms with Crippen molar-refractivity contribution in [2.75, 3.05) is 25.5 Å². The molecule has 0 bridgehead atoms. The lowest BCUT2D eigenvalue weighted by atomic mass is 10.0. The minimum atomic E-state index is -3.88. The van der Waals surface area contributed by atoms with E-state index in [-0.39, 0.29) is 27.6 Å². The van der Waals surface area contributed by atoms with Crippen LogP contribution in [-0.4, -0.2) is 53.4 Å². The van der Waals surface area contributed by atoms with E-state index < -0.39 is 27.6 Å². The lowest BCUT2D eigenvalue weighted by Crippen LogP contribution is -2.28. The summed E-state index contributed by atoms with van der Waals surface area (Å²) in [7, 11) is -2.49. The van der Waals surface area contributed by atoms with Gasteiger partial charge in [0.25, 0.3) is 5.91 Å². The Labute approximate surface area is 218 Å². The molecule has 38 heavy (non-hydrogen) atoms. The monoisotopic (exact) mass is 541 g/mol. The number of nitrogens with one attached hydrogen (secondary N) is 1. The number of hydrogen-bond acceptors (Lipinski definition) is 6. The summed E-state index contributed by atoms with van der Waals surface area (Å²) in [6, 6.07) is 9.16. The zero-order chi connectivity index (χ0) is 27.2. The van der Waals surface area contributed by atoms with Crippen molar-refractivity contribution in [3.05, 3.63) is 71.2 Å². The summed E-state index contributed by atoms with van der Waals surface area (Å²) >= 11 is 0. The maximum Gasteiger partial charge on any atom is 0.276 e. The van der Waals surface area contributed by atoms with Gasteiger partial charge in [-0.05, 0) is 62.6 Å². The van der Waals surface area contributed by atoms with Crippen molar-refractivity contribution >= 4 is 27.3 Å². The van der Waals surface area contributed by atoms with E-state index in [1.54, 1.807) is 26.0 Å². The summed E-state index contributed by atoms with van der Waals surface area (Å²) in [4.78, 5) is 17.9. The number of aromatic nitrogens is 3. The van der Waals surface area contributed by atoms with Gasteiger partial charge in [-0.15, -0.1) is 0 Å². The van der Waals surface area contributed by atoms with Gasteiger partial charge in [0.15, 0.2) is 11.3 Å². The number of benzene rings is 2. The molecule has 4 aromatic rings. The van der Waals surface area contributed by atoms with Crippen LogP contribution in [0.15, 0.2) is 47.4 Å². The third-order valence-corrected chi connectivity index (χ3v) is 8.34. The zero-order valence-corrected chi connectivity index (χ0v) is 21.8. The second-order valence-corrected chi connectivity index (χ2v) is 11.0. The van der Waals surface area contributed by atoms with Gasteiger partial charge in [0.2, 0.25) is 10.0 Å². The minimum absolute atomic E-state index is 0.0425. The van der Waals surface area contributed by atoms with E-state index in [9.17, 15) is 22.0 Å². The molecule has 9 nitrogen and oxygen atoms in total. The molecule has 0 saturated carbocycles. The van der Waals surface area contributed by atoms with E-state index >= 15 is 0 Å². The fraction of sp³-hybridized carbons (Fsp3) is 0.269.